The highest BCUT2D eigenvalue weighted by Gasteiger charge is 2.13. The zero-order valence-electron chi connectivity index (χ0n) is 7.55. The number of carbonyl (C=O) groups excluding carboxylic acids is 1. The van der Waals surface area contributed by atoms with Crippen LogP contribution in [0.4, 0.5) is 11.4 Å². The third-order valence-corrected chi connectivity index (χ3v) is 2.18. The molecule has 1 aliphatic rings. The summed E-state index contributed by atoms with van der Waals surface area (Å²) in [5.41, 5.74) is 3.30. The lowest BCUT2D eigenvalue weighted by Crippen LogP contribution is -2.07. The third-order valence-electron chi connectivity index (χ3n) is 2.18. The van der Waals surface area contributed by atoms with Crippen LogP contribution in [0.3, 0.4) is 0 Å². The molecule has 0 spiro atoms. The first-order chi connectivity index (χ1) is 6.27. The zero-order valence-corrected chi connectivity index (χ0v) is 7.55. The Morgan fingerprint density at radius 3 is 3.15 bits per heavy atom. The lowest BCUT2D eigenvalue weighted by atomic mass is 10.1. The van der Waals surface area contributed by atoms with E-state index < -0.39 is 0 Å². The van der Waals surface area contributed by atoms with Crippen LogP contribution in [-0.4, -0.2) is 12.5 Å². The summed E-state index contributed by atoms with van der Waals surface area (Å²) in [7, 11) is 0. The minimum atomic E-state index is -0.0136. The second-order valence-corrected chi connectivity index (χ2v) is 3.19. The van der Waals surface area contributed by atoms with Gasteiger partial charge in [-0.1, -0.05) is 6.07 Å². The first kappa shape index (κ1) is 8.10. The molecule has 1 aliphatic heterocycles. The summed E-state index contributed by atoms with van der Waals surface area (Å²) in [6, 6.07) is 5.92. The molecule has 2 rings (SSSR count). The molecule has 1 amide bonds. The van der Waals surface area contributed by atoms with Crippen LogP contribution in [0.5, 0.6) is 0 Å². The van der Waals surface area contributed by atoms with Gasteiger partial charge in [0, 0.05) is 30.4 Å². The predicted molar refractivity (Wildman–Crippen MR) is 52.9 cm³/mol. The van der Waals surface area contributed by atoms with Crippen LogP contribution in [0.1, 0.15) is 12.5 Å². The van der Waals surface area contributed by atoms with E-state index in [4.69, 9.17) is 0 Å². The van der Waals surface area contributed by atoms with Crippen LogP contribution in [0.25, 0.3) is 0 Å². The van der Waals surface area contributed by atoms with Crippen LogP contribution in [0.2, 0.25) is 0 Å². The van der Waals surface area contributed by atoms with Crippen molar-refractivity contribution in [3.05, 3.63) is 23.8 Å². The van der Waals surface area contributed by atoms with Gasteiger partial charge < -0.3 is 10.6 Å². The fraction of sp³-hybridized carbons (Fsp3) is 0.300. The summed E-state index contributed by atoms with van der Waals surface area (Å²) in [4.78, 5) is 10.9. The highest BCUT2D eigenvalue weighted by Crippen LogP contribution is 2.28. The normalized spacial score (nSPS) is 13.3. The molecule has 0 fully saturated rings. The third kappa shape index (κ3) is 1.49. The van der Waals surface area contributed by atoms with Gasteiger partial charge in [-0.05, 0) is 18.6 Å². The first-order valence-electron chi connectivity index (χ1n) is 4.41. The first-order valence-corrected chi connectivity index (χ1v) is 4.41. The van der Waals surface area contributed by atoms with E-state index in [2.05, 4.69) is 10.6 Å². The van der Waals surface area contributed by atoms with Gasteiger partial charge in [-0.2, -0.15) is 0 Å². The van der Waals surface area contributed by atoms with Crippen LogP contribution in [0, 0.1) is 0 Å². The van der Waals surface area contributed by atoms with Crippen molar-refractivity contribution < 1.29 is 4.79 Å². The van der Waals surface area contributed by atoms with Crippen LogP contribution < -0.4 is 10.6 Å². The second kappa shape index (κ2) is 3.09. The molecule has 68 valence electrons. The fourth-order valence-electron chi connectivity index (χ4n) is 1.65. The predicted octanol–water partition coefficient (Wildman–Crippen LogP) is 1.61. The molecule has 1 aromatic carbocycles. The number of hydrogen-bond acceptors (Lipinski definition) is 2. The fourth-order valence-corrected chi connectivity index (χ4v) is 1.65. The molecule has 1 aromatic rings. The summed E-state index contributed by atoms with van der Waals surface area (Å²) in [6.07, 6.45) is 0.992. The molecule has 0 atom stereocenters. The van der Waals surface area contributed by atoms with Gasteiger partial charge in [0.1, 0.15) is 0 Å². The van der Waals surface area contributed by atoms with Crippen LogP contribution in [-0.2, 0) is 11.2 Å². The molecule has 0 bridgehead atoms. The van der Waals surface area contributed by atoms with Crippen molar-refractivity contribution in [2.45, 2.75) is 13.3 Å². The Labute approximate surface area is 77.1 Å². The van der Waals surface area contributed by atoms with Crippen molar-refractivity contribution in [3.8, 4) is 0 Å². The molecule has 0 radical (unpaired) electrons. The minimum absolute atomic E-state index is 0.0136. The Morgan fingerprint density at radius 1 is 1.54 bits per heavy atom. The number of fused-ring (bicyclic) bond motifs is 1. The monoisotopic (exact) mass is 176 g/mol. The number of nitrogens with one attached hydrogen (secondary N) is 2. The van der Waals surface area contributed by atoms with Gasteiger partial charge >= 0.3 is 0 Å². The maximum Gasteiger partial charge on any atom is 0.221 e. The Balaban J connectivity index is 2.36. The SMILES string of the molecule is CC(=O)Nc1cccc2c1CCN2. The molecule has 0 unspecified atom stereocenters. The molecular formula is C10H12N2O. The summed E-state index contributed by atoms with van der Waals surface area (Å²) in [6.45, 7) is 2.49. The van der Waals surface area contributed by atoms with Gasteiger partial charge in [0.15, 0.2) is 0 Å². The zero-order chi connectivity index (χ0) is 9.26. The molecule has 0 saturated carbocycles. The average molecular weight is 176 g/mol. The molecule has 0 aliphatic carbocycles. The van der Waals surface area contributed by atoms with Crippen LogP contribution in [0.15, 0.2) is 18.2 Å². The van der Waals surface area contributed by atoms with E-state index in [0.29, 0.717) is 0 Å². The number of hydrogen-bond donors (Lipinski definition) is 2. The van der Waals surface area contributed by atoms with E-state index >= 15 is 0 Å². The Bertz CT molecular complexity index is 347. The molecule has 2 N–H and O–H groups in total. The van der Waals surface area contributed by atoms with E-state index in [9.17, 15) is 4.79 Å². The number of rotatable bonds is 1. The Kier molecular flexibility index (Phi) is 1.93. The molecule has 3 heteroatoms. The lowest BCUT2D eigenvalue weighted by molar-refractivity contribution is -0.114. The smallest absolute Gasteiger partial charge is 0.221 e. The van der Waals surface area contributed by atoms with Gasteiger partial charge in [-0.3, -0.25) is 4.79 Å². The number of amides is 1. The van der Waals surface area contributed by atoms with E-state index in [1.54, 1.807) is 0 Å². The highest BCUT2D eigenvalue weighted by molar-refractivity contribution is 5.91. The maximum absolute atomic E-state index is 10.9. The molecule has 13 heavy (non-hydrogen) atoms. The van der Waals surface area contributed by atoms with E-state index in [-0.39, 0.29) is 5.91 Å². The molecular weight excluding hydrogens is 164 g/mol. The van der Waals surface area contributed by atoms with Gasteiger partial charge in [-0.25, -0.2) is 0 Å². The summed E-state index contributed by atoms with van der Waals surface area (Å²) >= 11 is 0. The largest absolute Gasteiger partial charge is 0.384 e. The Hall–Kier alpha value is -1.51. The van der Waals surface area contributed by atoms with Gasteiger partial charge in [0.05, 0.1) is 0 Å². The van der Waals surface area contributed by atoms with E-state index in [1.165, 1.54) is 12.5 Å². The van der Waals surface area contributed by atoms with E-state index in [1.807, 2.05) is 18.2 Å². The van der Waals surface area contributed by atoms with Gasteiger partial charge in [-0.15, -0.1) is 0 Å². The van der Waals surface area contributed by atoms with Crippen molar-refractivity contribution in [2.75, 3.05) is 17.2 Å². The molecule has 0 aromatic heterocycles. The van der Waals surface area contributed by atoms with Gasteiger partial charge in [0.2, 0.25) is 5.91 Å². The van der Waals surface area contributed by atoms with Crippen LogP contribution >= 0.6 is 0 Å². The molecule has 0 saturated heterocycles. The van der Waals surface area contributed by atoms with Crippen molar-refractivity contribution in [1.29, 1.82) is 0 Å². The molecule has 1 heterocycles. The summed E-state index contributed by atoms with van der Waals surface area (Å²) in [5.74, 6) is -0.0136. The average Bonchev–Trinajstić information content (AvgIpc) is 2.51. The Morgan fingerprint density at radius 2 is 2.38 bits per heavy atom. The molecule has 3 nitrogen and oxygen atoms in total. The van der Waals surface area contributed by atoms with Crippen molar-refractivity contribution in [3.63, 3.8) is 0 Å². The quantitative estimate of drug-likeness (QED) is 0.682. The lowest BCUT2D eigenvalue weighted by Gasteiger charge is -2.07. The summed E-state index contributed by atoms with van der Waals surface area (Å²) in [5, 5.41) is 6.09. The highest BCUT2D eigenvalue weighted by atomic mass is 16.1. The standard InChI is InChI=1S/C10H12N2O/c1-7(13)12-10-4-2-3-9-8(10)5-6-11-9/h2-4,11H,5-6H2,1H3,(H,12,13). The van der Waals surface area contributed by atoms with Crippen molar-refractivity contribution in [1.82, 2.24) is 0 Å². The van der Waals surface area contributed by atoms with Crippen molar-refractivity contribution in [2.24, 2.45) is 0 Å². The topological polar surface area (TPSA) is 41.1 Å². The number of anilines is 2. The maximum atomic E-state index is 10.9. The number of carbonyl (C=O) groups is 1. The minimum Gasteiger partial charge on any atom is -0.384 e. The number of benzene rings is 1. The summed E-state index contributed by atoms with van der Waals surface area (Å²) < 4.78 is 0. The van der Waals surface area contributed by atoms with Gasteiger partial charge in [0.25, 0.3) is 0 Å². The van der Waals surface area contributed by atoms with E-state index in [0.717, 1.165) is 24.3 Å². The van der Waals surface area contributed by atoms with Crippen molar-refractivity contribution >= 4 is 17.3 Å². The second-order valence-electron chi connectivity index (χ2n) is 3.19.